The summed E-state index contributed by atoms with van der Waals surface area (Å²) in [7, 11) is 0. The summed E-state index contributed by atoms with van der Waals surface area (Å²) in [5, 5.41) is 0. The normalized spacial score (nSPS) is 22.5. The first kappa shape index (κ1) is 20.9. The van der Waals surface area contributed by atoms with Crippen molar-refractivity contribution in [2.45, 2.75) is 39.2 Å². The van der Waals surface area contributed by atoms with Crippen LogP contribution in [0.25, 0.3) is 0 Å². The number of imide groups is 1. The predicted octanol–water partition coefficient (Wildman–Crippen LogP) is 3.60. The SMILES string of the molecule is CC(C)CC(C(=O)OCC(=O)c1ccc(Br)s1)N1C(=O)C2CC=CCC2C1=O. The van der Waals surface area contributed by atoms with E-state index in [1.54, 1.807) is 12.1 Å². The molecule has 1 aromatic heterocycles. The third-order valence-corrected chi connectivity index (χ3v) is 6.68. The summed E-state index contributed by atoms with van der Waals surface area (Å²) in [6, 6.07) is 2.41. The Morgan fingerprint density at radius 1 is 1.18 bits per heavy atom. The summed E-state index contributed by atoms with van der Waals surface area (Å²) in [5.41, 5.74) is 0. The lowest BCUT2D eigenvalue weighted by atomic mass is 9.85. The van der Waals surface area contributed by atoms with E-state index in [1.165, 1.54) is 11.3 Å². The number of esters is 1. The Morgan fingerprint density at radius 3 is 2.29 bits per heavy atom. The smallest absolute Gasteiger partial charge is 0.329 e. The van der Waals surface area contributed by atoms with Crippen molar-refractivity contribution in [3.05, 3.63) is 32.9 Å². The van der Waals surface area contributed by atoms with Crippen LogP contribution < -0.4 is 0 Å². The minimum Gasteiger partial charge on any atom is -0.456 e. The quantitative estimate of drug-likeness (QED) is 0.264. The van der Waals surface area contributed by atoms with E-state index in [4.69, 9.17) is 4.74 Å². The van der Waals surface area contributed by atoms with E-state index in [1.807, 2.05) is 26.0 Å². The molecule has 2 heterocycles. The first-order valence-corrected chi connectivity index (χ1v) is 10.9. The molecule has 3 unspecified atom stereocenters. The zero-order valence-corrected chi connectivity index (χ0v) is 18.1. The maximum atomic E-state index is 12.8. The molecule has 3 atom stereocenters. The number of rotatable bonds is 7. The van der Waals surface area contributed by atoms with Gasteiger partial charge in [0.05, 0.1) is 20.5 Å². The van der Waals surface area contributed by atoms with Crippen LogP contribution >= 0.6 is 27.3 Å². The molecule has 6 nitrogen and oxygen atoms in total. The Bertz CT molecular complexity index is 804. The fourth-order valence-electron chi connectivity index (χ4n) is 3.65. The first-order valence-electron chi connectivity index (χ1n) is 9.26. The average molecular weight is 468 g/mol. The van der Waals surface area contributed by atoms with Gasteiger partial charge in [0, 0.05) is 0 Å². The Labute approximate surface area is 176 Å². The monoisotopic (exact) mass is 467 g/mol. The van der Waals surface area contributed by atoms with E-state index in [-0.39, 0.29) is 23.5 Å². The molecule has 1 aromatic rings. The van der Waals surface area contributed by atoms with Crippen LogP contribution in [0.2, 0.25) is 0 Å². The number of ether oxygens (including phenoxy) is 1. The summed E-state index contributed by atoms with van der Waals surface area (Å²) < 4.78 is 6.04. The number of hydrogen-bond acceptors (Lipinski definition) is 6. The van der Waals surface area contributed by atoms with E-state index in [0.717, 1.165) is 8.69 Å². The largest absolute Gasteiger partial charge is 0.456 e. The Balaban J connectivity index is 1.72. The zero-order valence-electron chi connectivity index (χ0n) is 15.7. The molecule has 1 saturated heterocycles. The average Bonchev–Trinajstić information content (AvgIpc) is 3.20. The third-order valence-electron chi connectivity index (χ3n) is 5.01. The number of carbonyl (C=O) groups excluding carboxylic acids is 4. The lowest BCUT2D eigenvalue weighted by Gasteiger charge is -2.26. The van der Waals surface area contributed by atoms with Crippen molar-refractivity contribution in [2.24, 2.45) is 17.8 Å². The van der Waals surface area contributed by atoms with Gasteiger partial charge in [-0.3, -0.25) is 19.3 Å². The van der Waals surface area contributed by atoms with Gasteiger partial charge in [0.2, 0.25) is 17.6 Å². The Morgan fingerprint density at radius 2 is 1.79 bits per heavy atom. The van der Waals surface area contributed by atoms with E-state index in [0.29, 0.717) is 24.1 Å². The van der Waals surface area contributed by atoms with Gasteiger partial charge in [-0.05, 0) is 53.2 Å². The third kappa shape index (κ3) is 4.27. The summed E-state index contributed by atoms with van der Waals surface area (Å²) in [4.78, 5) is 52.2. The van der Waals surface area contributed by atoms with Gasteiger partial charge in [-0.25, -0.2) is 4.79 Å². The highest BCUT2D eigenvalue weighted by Gasteiger charge is 2.51. The molecule has 2 amide bonds. The molecule has 1 aliphatic carbocycles. The summed E-state index contributed by atoms with van der Waals surface area (Å²) in [5.74, 6) is -2.36. The summed E-state index contributed by atoms with van der Waals surface area (Å²) in [6.07, 6.45) is 5.15. The minimum absolute atomic E-state index is 0.0721. The van der Waals surface area contributed by atoms with Crippen molar-refractivity contribution < 1.29 is 23.9 Å². The molecule has 0 radical (unpaired) electrons. The van der Waals surface area contributed by atoms with Crippen molar-refractivity contribution >= 4 is 50.8 Å². The maximum Gasteiger partial charge on any atom is 0.329 e. The Hall–Kier alpha value is -1.80. The lowest BCUT2D eigenvalue weighted by Crippen LogP contribution is -2.47. The fraction of sp³-hybridized carbons (Fsp3) is 0.500. The molecular weight excluding hydrogens is 446 g/mol. The van der Waals surface area contributed by atoms with Gasteiger partial charge >= 0.3 is 5.97 Å². The number of nitrogens with zero attached hydrogens (tertiary/aromatic N) is 1. The molecule has 0 saturated carbocycles. The first-order chi connectivity index (χ1) is 13.3. The van der Waals surface area contributed by atoms with Crippen LogP contribution in [0, 0.1) is 17.8 Å². The number of carbonyl (C=O) groups is 4. The second-order valence-electron chi connectivity index (χ2n) is 7.48. The van der Waals surface area contributed by atoms with Gasteiger partial charge in [0.1, 0.15) is 6.04 Å². The van der Waals surface area contributed by atoms with Gasteiger partial charge < -0.3 is 4.74 Å². The van der Waals surface area contributed by atoms with Crippen LogP contribution in [0.4, 0.5) is 0 Å². The highest BCUT2D eigenvalue weighted by molar-refractivity contribution is 9.11. The van der Waals surface area contributed by atoms with Crippen molar-refractivity contribution in [3.63, 3.8) is 0 Å². The fourth-order valence-corrected chi connectivity index (χ4v) is 4.97. The molecule has 0 spiro atoms. The molecule has 28 heavy (non-hydrogen) atoms. The molecule has 150 valence electrons. The molecule has 8 heteroatoms. The molecule has 1 aliphatic heterocycles. The van der Waals surface area contributed by atoms with Crippen LogP contribution in [0.15, 0.2) is 28.1 Å². The van der Waals surface area contributed by atoms with E-state index in [9.17, 15) is 19.2 Å². The van der Waals surface area contributed by atoms with Gasteiger partial charge in [-0.2, -0.15) is 0 Å². The summed E-state index contributed by atoms with van der Waals surface area (Å²) in [6.45, 7) is 3.41. The number of thiophene rings is 1. The van der Waals surface area contributed by atoms with Gasteiger partial charge in [-0.15, -0.1) is 11.3 Å². The van der Waals surface area contributed by atoms with Gasteiger partial charge in [-0.1, -0.05) is 26.0 Å². The molecule has 0 bridgehead atoms. The second-order valence-corrected chi connectivity index (χ2v) is 9.95. The lowest BCUT2D eigenvalue weighted by molar-refractivity contribution is -0.158. The standard InChI is InChI=1S/C20H22BrNO5S/c1-11(2)9-14(20(26)27-10-15(23)16-7-8-17(21)28-16)22-18(24)12-5-3-4-6-13(12)19(22)25/h3-4,7-8,11-14H,5-6,9-10H2,1-2H3. The van der Waals surface area contributed by atoms with Crippen molar-refractivity contribution in [2.75, 3.05) is 6.61 Å². The molecule has 0 N–H and O–H groups in total. The number of fused-ring (bicyclic) bond motifs is 1. The molecular formula is C20H22BrNO5S. The van der Waals surface area contributed by atoms with Crippen molar-refractivity contribution in [3.8, 4) is 0 Å². The molecule has 3 rings (SSSR count). The Kier molecular flexibility index (Phi) is 6.50. The number of amides is 2. The van der Waals surface area contributed by atoms with Gasteiger partial charge in [0.15, 0.2) is 6.61 Å². The number of halogens is 1. The topological polar surface area (TPSA) is 80.8 Å². The highest BCUT2D eigenvalue weighted by atomic mass is 79.9. The van der Waals surface area contributed by atoms with Crippen LogP contribution in [0.1, 0.15) is 42.8 Å². The molecule has 1 fully saturated rings. The van der Waals surface area contributed by atoms with Crippen LogP contribution in [-0.4, -0.2) is 41.1 Å². The van der Waals surface area contributed by atoms with Crippen LogP contribution in [0.3, 0.4) is 0 Å². The van der Waals surface area contributed by atoms with Crippen LogP contribution in [0.5, 0.6) is 0 Å². The molecule has 2 aliphatic rings. The number of hydrogen-bond donors (Lipinski definition) is 0. The number of Topliss-reactive ketones (excluding diaryl/α,β-unsaturated/α-hetero) is 1. The molecule has 0 aromatic carbocycles. The zero-order chi connectivity index (χ0) is 20.4. The van der Waals surface area contributed by atoms with E-state index < -0.39 is 30.5 Å². The second kappa shape index (κ2) is 8.69. The number of ketones is 1. The van der Waals surface area contributed by atoms with Crippen LogP contribution in [-0.2, 0) is 19.1 Å². The minimum atomic E-state index is -0.992. The van der Waals surface area contributed by atoms with E-state index in [2.05, 4.69) is 15.9 Å². The van der Waals surface area contributed by atoms with Crippen molar-refractivity contribution in [1.82, 2.24) is 4.90 Å². The highest BCUT2D eigenvalue weighted by Crippen LogP contribution is 2.37. The van der Waals surface area contributed by atoms with E-state index >= 15 is 0 Å². The van der Waals surface area contributed by atoms with Crippen molar-refractivity contribution in [1.29, 1.82) is 0 Å². The number of likely N-dealkylation sites (tertiary alicyclic amines) is 1. The summed E-state index contributed by atoms with van der Waals surface area (Å²) >= 11 is 4.55. The van der Waals surface area contributed by atoms with Gasteiger partial charge in [0.25, 0.3) is 0 Å². The predicted molar refractivity (Wildman–Crippen MR) is 108 cm³/mol. The maximum absolute atomic E-state index is 12.8. The number of allylic oxidation sites excluding steroid dienone is 2.